The Morgan fingerprint density at radius 1 is 1.56 bits per heavy atom. The predicted molar refractivity (Wildman–Crippen MR) is 74.3 cm³/mol. The third-order valence-corrected chi connectivity index (χ3v) is 3.13. The Hall–Kier alpha value is -1.26. The van der Waals surface area contributed by atoms with Gasteiger partial charge in [-0.1, -0.05) is 18.5 Å². The third kappa shape index (κ3) is 3.89. The van der Waals surface area contributed by atoms with E-state index in [2.05, 4.69) is 5.32 Å². The molecule has 1 aromatic rings. The molecule has 5 heteroatoms. The van der Waals surface area contributed by atoms with Crippen LogP contribution in [0.1, 0.15) is 25.3 Å². The van der Waals surface area contributed by atoms with Gasteiger partial charge >= 0.3 is 0 Å². The zero-order valence-corrected chi connectivity index (χ0v) is 11.7. The van der Waals surface area contributed by atoms with Crippen LogP contribution >= 0.6 is 11.6 Å². The van der Waals surface area contributed by atoms with Gasteiger partial charge in [0.25, 0.3) is 0 Å². The van der Waals surface area contributed by atoms with E-state index in [-0.39, 0.29) is 11.9 Å². The van der Waals surface area contributed by atoms with Crippen LogP contribution in [0.2, 0.25) is 5.02 Å². The molecule has 100 valence electrons. The zero-order chi connectivity index (χ0) is 13.7. The van der Waals surface area contributed by atoms with Gasteiger partial charge in [0.05, 0.1) is 12.8 Å². The summed E-state index contributed by atoms with van der Waals surface area (Å²) in [6.07, 6.45) is 1.06. The summed E-state index contributed by atoms with van der Waals surface area (Å²) in [5.74, 6) is 0.424. The molecular formula is C13H19ClN2O2. The van der Waals surface area contributed by atoms with Gasteiger partial charge in [-0.05, 0) is 25.0 Å². The molecule has 0 fully saturated rings. The Bertz CT molecular complexity index is 435. The molecule has 0 heterocycles. The van der Waals surface area contributed by atoms with E-state index in [1.165, 1.54) is 7.11 Å². The number of anilines is 1. The van der Waals surface area contributed by atoms with Crippen LogP contribution in [0.4, 0.5) is 5.69 Å². The highest BCUT2D eigenvalue weighted by atomic mass is 35.5. The van der Waals surface area contributed by atoms with Crippen LogP contribution in [0.3, 0.4) is 0 Å². The van der Waals surface area contributed by atoms with Crippen LogP contribution in [-0.2, 0) is 4.79 Å². The summed E-state index contributed by atoms with van der Waals surface area (Å²) in [6.45, 7) is 3.82. The molecule has 18 heavy (non-hydrogen) atoms. The van der Waals surface area contributed by atoms with Crippen molar-refractivity contribution in [1.29, 1.82) is 0 Å². The van der Waals surface area contributed by atoms with Crippen molar-refractivity contribution in [2.45, 2.75) is 32.7 Å². The van der Waals surface area contributed by atoms with Gasteiger partial charge < -0.3 is 15.8 Å². The van der Waals surface area contributed by atoms with Gasteiger partial charge in [0.1, 0.15) is 5.75 Å². The summed E-state index contributed by atoms with van der Waals surface area (Å²) in [6, 6.07) is 3.35. The van der Waals surface area contributed by atoms with E-state index in [0.717, 1.165) is 12.0 Å². The van der Waals surface area contributed by atoms with Crippen molar-refractivity contribution in [3.05, 3.63) is 22.7 Å². The van der Waals surface area contributed by atoms with Crippen molar-refractivity contribution in [3.63, 3.8) is 0 Å². The SMILES string of the molecule is CCC(N)CC(=O)Nc1cc(C)c(Cl)cc1OC. The van der Waals surface area contributed by atoms with Crippen molar-refractivity contribution >= 4 is 23.2 Å². The Balaban J connectivity index is 2.83. The molecule has 0 saturated carbocycles. The number of halogens is 1. The van der Waals surface area contributed by atoms with Crippen LogP contribution < -0.4 is 15.8 Å². The lowest BCUT2D eigenvalue weighted by Crippen LogP contribution is -2.26. The number of ether oxygens (including phenoxy) is 1. The molecule has 0 aliphatic heterocycles. The van der Waals surface area contributed by atoms with Crippen LogP contribution in [0.5, 0.6) is 5.75 Å². The molecule has 0 aliphatic rings. The van der Waals surface area contributed by atoms with E-state index in [9.17, 15) is 4.79 Å². The summed E-state index contributed by atoms with van der Waals surface area (Å²) < 4.78 is 5.18. The third-order valence-electron chi connectivity index (χ3n) is 2.73. The van der Waals surface area contributed by atoms with Crippen molar-refractivity contribution in [2.24, 2.45) is 5.73 Å². The van der Waals surface area contributed by atoms with E-state index in [4.69, 9.17) is 22.1 Å². The Morgan fingerprint density at radius 3 is 2.78 bits per heavy atom. The van der Waals surface area contributed by atoms with Crippen LogP contribution in [-0.4, -0.2) is 19.1 Å². The minimum Gasteiger partial charge on any atom is -0.495 e. The molecule has 0 spiro atoms. The van der Waals surface area contributed by atoms with Crippen LogP contribution in [0, 0.1) is 6.92 Å². The summed E-state index contributed by atoms with van der Waals surface area (Å²) in [4.78, 5) is 11.8. The highest BCUT2D eigenvalue weighted by Gasteiger charge is 2.12. The van der Waals surface area contributed by atoms with Crippen molar-refractivity contribution in [3.8, 4) is 5.75 Å². The Labute approximate surface area is 112 Å². The summed E-state index contributed by atoms with van der Waals surface area (Å²) in [7, 11) is 1.54. The lowest BCUT2D eigenvalue weighted by Gasteiger charge is -2.13. The number of nitrogens with one attached hydrogen (secondary N) is 1. The molecule has 3 N–H and O–H groups in total. The van der Waals surface area contributed by atoms with Gasteiger partial charge in [-0.3, -0.25) is 4.79 Å². The average molecular weight is 271 g/mol. The van der Waals surface area contributed by atoms with E-state index < -0.39 is 0 Å². The molecule has 4 nitrogen and oxygen atoms in total. The number of methoxy groups -OCH3 is 1. The maximum absolute atomic E-state index is 11.8. The number of nitrogens with two attached hydrogens (primary N) is 1. The fraction of sp³-hybridized carbons (Fsp3) is 0.462. The second-order valence-electron chi connectivity index (χ2n) is 4.22. The number of hydrogen-bond donors (Lipinski definition) is 2. The molecule has 1 rings (SSSR count). The van der Waals surface area contributed by atoms with Crippen molar-refractivity contribution < 1.29 is 9.53 Å². The van der Waals surface area contributed by atoms with Gasteiger partial charge in [0, 0.05) is 23.6 Å². The smallest absolute Gasteiger partial charge is 0.226 e. The van der Waals surface area contributed by atoms with Crippen molar-refractivity contribution in [2.75, 3.05) is 12.4 Å². The lowest BCUT2D eigenvalue weighted by atomic mass is 10.1. The largest absolute Gasteiger partial charge is 0.495 e. The molecule has 0 aliphatic carbocycles. The minimum absolute atomic E-state index is 0.121. The molecule has 1 unspecified atom stereocenters. The first-order chi connectivity index (χ1) is 8.47. The minimum atomic E-state index is -0.121. The number of carbonyl (C=O) groups is 1. The first-order valence-corrected chi connectivity index (χ1v) is 6.25. The van der Waals surface area contributed by atoms with E-state index in [1.54, 1.807) is 12.1 Å². The predicted octanol–water partition coefficient (Wildman–Crippen LogP) is 2.72. The van der Waals surface area contributed by atoms with Crippen molar-refractivity contribution in [1.82, 2.24) is 0 Å². The normalized spacial score (nSPS) is 12.1. The number of hydrogen-bond acceptors (Lipinski definition) is 3. The molecule has 0 saturated heterocycles. The number of aryl methyl sites for hydroxylation is 1. The topological polar surface area (TPSA) is 64.4 Å². The zero-order valence-electron chi connectivity index (χ0n) is 10.9. The van der Waals surface area contributed by atoms with Crippen LogP contribution in [0.15, 0.2) is 12.1 Å². The van der Waals surface area contributed by atoms with E-state index in [0.29, 0.717) is 22.9 Å². The number of amides is 1. The first kappa shape index (κ1) is 14.8. The fourth-order valence-corrected chi connectivity index (χ4v) is 1.67. The second kappa shape index (κ2) is 6.61. The molecule has 1 aromatic carbocycles. The summed E-state index contributed by atoms with van der Waals surface area (Å²) in [5, 5.41) is 3.40. The second-order valence-corrected chi connectivity index (χ2v) is 4.63. The van der Waals surface area contributed by atoms with Gasteiger partial charge in [-0.2, -0.15) is 0 Å². The molecule has 0 radical (unpaired) electrons. The Morgan fingerprint density at radius 2 is 2.22 bits per heavy atom. The van der Waals surface area contributed by atoms with E-state index in [1.807, 2.05) is 13.8 Å². The lowest BCUT2D eigenvalue weighted by molar-refractivity contribution is -0.116. The van der Waals surface area contributed by atoms with E-state index >= 15 is 0 Å². The maximum atomic E-state index is 11.8. The monoisotopic (exact) mass is 270 g/mol. The first-order valence-electron chi connectivity index (χ1n) is 5.87. The number of carbonyl (C=O) groups excluding carboxylic acids is 1. The molecule has 0 aromatic heterocycles. The molecule has 1 atom stereocenters. The number of benzene rings is 1. The summed E-state index contributed by atoms with van der Waals surface area (Å²) >= 11 is 6.00. The summed E-state index contributed by atoms with van der Waals surface area (Å²) in [5.41, 5.74) is 7.24. The fourth-order valence-electron chi connectivity index (χ4n) is 1.51. The van der Waals surface area contributed by atoms with Gasteiger partial charge in [-0.25, -0.2) is 0 Å². The highest BCUT2D eigenvalue weighted by Crippen LogP contribution is 2.30. The van der Waals surface area contributed by atoms with Gasteiger partial charge in [0.2, 0.25) is 5.91 Å². The standard InChI is InChI=1S/C13H19ClN2O2/c1-4-9(15)6-13(17)16-11-5-8(2)10(14)7-12(11)18-3/h5,7,9H,4,6,15H2,1-3H3,(H,16,17). The van der Waals surface area contributed by atoms with Gasteiger partial charge in [0.15, 0.2) is 0 Å². The van der Waals surface area contributed by atoms with Gasteiger partial charge in [-0.15, -0.1) is 0 Å². The molecule has 1 amide bonds. The number of rotatable bonds is 5. The molecule has 0 bridgehead atoms. The average Bonchev–Trinajstić information content (AvgIpc) is 2.33. The Kier molecular flexibility index (Phi) is 5.44. The highest BCUT2D eigenvalue weighted by molar-refractivity contribution is 6.31. The van der Waals surface area contributed by atoms with Crippen LogP contribution in [0.25, 0.3) is 0 Å². The quantitative estimate of drug-likeness (QED) is 0.865. The molecular weight excluding hydrogens is 252 g/mol. The maximum Gasteiger partial charge on any atom is 0.226 e.